The zero-order valence-corrected chi connectivity index (χ0v) is 18.9. The van der Waals surface area contributed by atoms with Gasteiger partial charge < -0.3 is 5.11 Å². The minimum absolute atomic E-state index is 0.151. The van der Waals surface area contributed by atoms with Gasteiger partial charge in [-0.2, -0.15) is 0 Å². The first kappa shape index (κ1) is 25.4. The molecule has 3 aromatic carbocycles. The Bertz CT molecular complexity index is 1140. The molecule has 0 atom stereocenters. The second kappa shape index (κ2) is 12.9. The van der Waals surface area contributed by atoms with Gasteiger partial charge in [-0.1, -0.05) is 49.4 Å². The monoisotopic (exact) mass is 447 g/mol. The van der Waals surface area contributed by atoms with Gasteiger partial charge in [0.2, 0.25) is 0 Å². The molecule has 0 saturated heterocycles. The topological polar surface area (TPSA) is 49.7 Å². The predicted molar refractivity (Wildman–Crippen MR) is 132 cm³/mol. The largest absolute Gasteiger partial charge is 0.478 e. The SMILES string of the molecule is CC/C(=C/c1ccc(C(=O)O)c(-c2ccc(F)cc2)c1)c1ccc(F)cc1.CC=N/C=C\C. The molecule has 0 unspecified atom stereocenters. The molecule has 0 aliphatic rings. The van der Waals surface area contributed by atoms with Crippen LogP contribution < -0.4 is 0 Å². The molecule has 33 heavy (non-hydrogen) atoms. The van der Waals surface area contributed by atoms with Gasteiger partial charge in [-0.3, -0.25) is 4.99 Å². The van der Waals surface area contributed by atoms with E-state index in [1.54, 1.807) is 54.9 Å². The molecule has 3 aromatic rings. The lowest BCUT2D eigenvalue weighted by atomic mass is 9.95. The van der Waals surface area contributed by atoms with Gasteiger partial charge in [-0.25, -0.2) is 13.6 Å². The van der Waals surface area contributed by atoms with Gasteiger partial charge in [0.05, 0.1) is 5.56 Å². The highest BCUT2D eigenvalue weighted by Crippen LogP contribution is 2.28. The van der Waals surface area contributed by atoms with Crippen LogP contribution in [-0.2, 0) is 0 Å². The summed E-state index contributed by atoms with van der Waals surface area (Å²) in [5.41, 5.74) is 4.03. The summed E-state index contributed by atoms with van der Waals surface area (Å²) in [6, 6.07) is 17.0. The smallest absolute Gasteiger partial charge is 0.336 e. The molecule has 3 nitrogen and oxygen atoms in total. The van der Waals surface area contributed by atoms with Crippen LogP contribution >= 0.6 is 0 Å². The van der Waals surface area contributed by atoms with Crippen molar-refractivity contribution < 1.29 is 18.7 Å². The molecule has 0 radical (unpaired) electrons. The standard InChI is InChI=1S/C23H18F2O2.C5H9N/c1-2-16(17-4-8-19(24)9-5-17)13-15-3-12-21(23(26)27)22(14-15)18-6-10-20(25)11-7-18;1-3-5-6-4-2/h3-14H,2H2,1H3,(H,26,27);3-5H,1-2H3/b16-13-;5-3-,6-4?. The van der Waals surface area contributed by atoms with Crippen LogP contribution in [0.1, 0.15) is 48.7 Å². The Hall–Kier alpha value is -3.86. The average Bonchev–Trinajstić information content (AvgIpc) is 2.82. The van der Waals surface area contributed by atoms with Crippen molar-refractivity contribution in [2.45, 2.75) is 27.2 Å². The Morgan fingerprint density at radius 1 is 0.939 bits per heavy atom. The second-order valence-electron chi connectivity index (χ2n) is 7.04. The van der Waals surface area contributed by atoms with Crippen molar-refractivity contribution in [3.8, 4) is 11.1 Å². The first-order valence-electron chi connectivity index (χ1n) is 10.6. The first-order chi connectivity index (χ1) is 15.9. The normalized spacial score (nSPS) is 11.5. The molecule has 0 aliphatic heterocycles. The van der Waals surface area contributed by atoms with E-state index in [0.717, 1.165) is 23.1 Å². The molecule has 1 N–H and O–H groups in total. The van der Waals surface area contributed by atoms with Gasteiger partial charge in [0.25, 0.3) is 0 Å². The summed E-state index contributed by atoms with van der Waals surface area (Å²) in [6.45, 7) is 5.83. The van der Waals surface area contributed by atoms with Crippen LogP contribution in [0, 0.1) is 11.6 Å². The summed E-state index contributed by atoms with van der Waals surface area (Å²) in [7, 11) is 0. The number of allylic oxidation sites excluding steroid dienone is 2. The van der Waals surface area contributed by atoms with Crippen LogP contribution in [0.4, 0.5) is 8.78 Å². The Labute approximate surface area is 193 Å². The summed E-state index contributed by atoms with van der Waals surface area (Å²) in [5.74, 6) is -1.71. The highest BCUT2D eigenvalue weighted by atomic mass is 19.1. The zero-order valence-electron chi connectivity index (χ0n) is 18.9. The van der Waals surface area contributed by atoms with E-state index >= 15 is 0 Å². The minimum Gasteiger partial charge on any atom is -0.478 e. The first-order valence-corrected chi connectivity index (χ1v) is 10.6. The van der Waals surface area contributed by atoms with Crippen molar-refractivity contribution in [3.63, 3.8) is 0 Å². The second-order valence-corrected chi connectivity index (χ2v) is 7.04. The highest BCUT2D eigenvalue weighted by Gasteiger charge is 2.13. The third kappa shape index (κ3) is 7.65. The van der Waals surface area contributed by atoms with Crippen LogP contribution in [0.2, 0.25) is 0 Å². The van der Waals surface area contributed by atoms with Crippen LogP contribution in [0.5, 0.6) is 0 Å². The maximum Gasteiger partial charge on any atom is 0.336 e. The fraction of sp³-hybridized carbons (Fsp3) is 0.143. The molecule has 0 aromatic heterocycles. The Balaban J connectivity index is 0.000000569. The lowest BCUT2D eigenvalue weighted by Crippen LogP contribution is -2.00. The molecule has 170 valence electrons. The number of nitrogens with zero attached hydrogens (tertiary/aromatic N) is 1. The van der Waals surface area contributed by atoms with Crippen molar-refractivity contribution in [3.05, 3.63) is 107 Å². The number of carboxylic acids is 1. The fourth-order valence-corrected chi connectivity index (χ4v) is 3.13. The molecule has 5 heteroatoms. The number of carboxylic acid groups (broad SMARTS) is 1. The van der Waals surface area contributed by atoms with Crippen molar-refractivity contribution in [2.24, 2.45) is 4.99 Å². The van der Waals surface area contributed by atoms with E-state index in [2.05, 4.69) is 4.99 Å². The van der Waals surface area contributed by atoms with E-state index in [9.17, 15) is 18.7 Å². The van der Waals surface area contributed by atoms with E-state index in [-0.39, 0.29) is 17.2 Å². The fourth-order valence-electron chi connectivity index (χ4n) is 3.13. The molecule has 0 spiro atoms. The van der Waals surface area contributed by atoms with E-state index < -0.39 is 5.97 Å². The Kier molecular flexibility index (Phi) is 9.90. The number of benzene rings is 3. The molecule has 0 saturated carbocycles. The maximum absolute atomic E-state index is 13.2. The van der Waals surface area contributed by atoms with Crippen LogP contribution in [-0.4, -0.2) is 17.3 Å². The lowest BCUT2D eigenvalue weighted by Gasteiger charge is -2.10. The number of aromatic carboxylic acids is 1. The summed E-state index contributed by atoms with van der Waals surface area (Å²) in [5, 5.41) is 9.48. The molecule has 3 rings (SSSR count). The maximum atomic E-state index is 13.2. The molecule has 0 heterocycles. The third-order valence-corrected chi connectivity index (χ3v) is 4.75. The predicted octanol–water partition coefficient (Wildman–Crippen LogP) is 7.89. The van der Waals surface area contributed by atoms with Gasteiger partial charge >= 0.3 is 5.97 Å². The summed E-state index contributed by atoms with van der Waals surface area (Å²) >= 11 is 0. The van der Waals surface area contributed by atoms with Crippen molar-refractivity contribution in [2.75, 3.05) is 0 Å². The number of hydrogen-bond donors (Lipinski definition) is 1. The zero-order chi connectivity index (χ0) is 24.2. The molecule has 0 amide bonds. The number of carbonyl (C=O) groups is 1. The van der Waals surface area contributed by atoms with Gasteiger partial charge in [0, 0.05) is 12.4 Å². The number of aliphatic imine (C=N–C) groups is 1. The molecular weight excluding hydrogens is 420 g/mol. The lowest BCUT2D eigenvalue weighted by molar-refractivity contribution is 0.0697. The van der Waals surface area contributed by atoms with Crippen LogP contribution in [0.15, 0.2) is 84.0 Å². The van der Waals surface area contributed by atoms with Gasteiger partial charge in [-0.05, 0) is 84.5 Å². The number of hydrogen-bond acceptors (Lipinski definition) is 2. The molecular formula is C28H27F2NO2. The van der Waals surface area contributed by atoms with E-state index in [1.807, 2.05) is 32.9 Å². The van der Waals surface area contributed by atoms with E-state index in [4.69, 9.17) is 0 Å². The van der Waals surface area contributed by atoms with Gasteiger partial charge in [0.1, 0.15) is 11.6 Å². The van der Waals surface area contributed by atoms with Crippen LogP contribution in [0.25, 0.3) is 22.8 Å². The summed E-state index contributed by atoms with van der Waals surface area (Å²) in [6.07, 6.45) is 8.07. The van der Waals surface area contributed by atoms with Crippen molar-refractivity contribution in [1.82, 2.24) is 0 Å². The average molecular weight is 448 g/mol. The Morgan fingerprint density at radius 3 is 2.03 bits per heavy atom. The van der Waals surface area contributed by atoms with E-state index in [1.165, 1.54) is 24.3 Å². The minimum atomic E-state index is -1.04. The van der Waals surface area contributed by atoms with Gasteiger partial charge in [-0.15, -0.1) is 0 Å². The third-order valence-electron chi connectivity index (χ3n) is 4.75. The quantitative estimate of drug-likeness (QED) is 0.308. The number of rotatable bonds is 6. The summed E-state index contributed by atoms with van der Waals surface area (Å²) < 4.78 is 26.4. The van der Waals surface area contributed by atoms with Gasteiger partial charge in [0.15, 0.2) is 0 Å². The molecule has 0 bridgehead atoms. The molecule has 0 fully saturated rings. The van der Waals surface area contributed by atoms with Crippen molar-refractivity contribution in [1.29, 1.82) is 0 Å². The van der Waals surface area contributed by atoms with E-state index in [0.29, 0.717) is 11.1 Å². The molecule has 0 aliphatic carbocycles. The number of halogens is 2. The highest BCUT2D eigenvalue weighted by molar-refractivity contribution is 5.97. The summed E-state index contributed by atoms with van der Waals surface area (Å²) in [4.78, 5) is 15.4. The Morgan fingerprint density at radius 2 is 1.55 bits per heavy atom. The van der Waals surface area contributed by atoms with Crippen LogP contribution in [0.3, 0.4) is 0 Å². The van der Waals surface area contributed by atoms with Crippen molar-refractivity contribution >= 4 is 23.8 Å².